The minimum Gasteiger partial charge on any atom is -0.759 e. The Morgan fingerprint density at radius 3 is 0.935 bits per heavy atom. The molecule has 0 amide bonds. The van der Waals surface area contributed by atoms with Gasteiger partial charge in [0.25, 0.3) is 0 Å². The average Bonchev–Trinajstić information content (AvgIpc) is 3.26. The Hall–Kier alpha value is -1.47. The van der Waals surface area contributed by atoms with Gasteiger partial charge in [-0.2, -0.15) is 0 Å². The Kier molecular flexibility index (Phi) is 49.6. The van der Waals surface area contributed by atoms with Crippen LogP contribution in [0.2, 0.25) is 0 Å². The van der Waals surface area contributed by atoms with Crippen LogP contribution in [0.1, 0.15) is 248 Å². The van der Waals surface area contributed by atoms with E-state index in [0.29, 0.717) is 0 Å². The summed E-state index contributed by atoms with van der Waals surface area (Å²) in [6.07, 6.45) is 37.2. The van der Waals surface area contributed by atoms with Crippen LogP contribution in [-0.2, 0) is 10.4 Å². The number of rotatable bonds is 36. The molecule has 0 aromatic heterocycles. The van der Waals surface area contributed by atoms with Gasteiger partial charge in [-0.1, -0.05) is 208 Å². The molecule has 1 atom stereocenters. The van der Waals surface area contributed by atoms with Crippen LogP contribution in [0.5, 0.6) is 0 Å². The van der Waals surface area contributed by atoms with Crippen LogP contribution in [0, 0.1) is 11.8 Å². The minimum atomic E-state index is -5.17. The molecular formula is C54H106N2O5S. The second-order valence-electron chi connectivity index (χ2n) is 18.2. The molecule has 0 saturated carbocycles. The highest BCUT2D eigenvalue weighted by atomic mass is 32.3. The number of hydrogen-bond acceptors (Lipinski definition) is 5. The van der Waals surface area contributed by atoms with E-state index in [1.807, 2.05) is 30.3 Å². The standard InChI is InChI=1S/C22H34O.2C16H36N.H2O4S/c1-2-3-4-5-6-7-8-9-10-11-15-18-22(23)20-19-21-16-13-12-14-17-21;2*1-5-9-13-17(14-10-6-2,15-11-7-3)16-12-8-4;1-5(2,3)4/h12-14,16-17,22-23H,2-11,15,18H2,1H3;2*5-16H2,1-4H3;(H2,1,2,3,4)/q;2*+1;/p-2. The molecule has 1 unspecified atom stereocenters. The molecule has 8 heteroatoms. The summed E-state index contributed by atoms with van der Waals surface area (Å²) in [6, 6.07) is 9.87. The first kappa shape index (κ1) is 64.8. The lowest BCUT2D eigenvalue weighted by atomic mass is 10.0. The summed E-state index contributed by atoms with van der Waals surface area (Å²) in [6.45, 7) is 32.3. The Morgan fingerprint density at radius 2 is 0.677 bits per heavy atom. The third-order valence-corrected chi connectivity index (χ3v) is 12.1. The van der Waals surface area contributed by atoms with Gasteiger partial charge < -0.3 is 23.2 Å². The molecule has 0 aliphatic carbocycles. The summed E-state index contributed by atoms with van der Waals surface area (Å²) in [5, 5.41) is 9.88. The van der Waals surface area contributed by atoms with E-state index < -0.39 is 16.5 Å². The van der Waals surface area contributed by atoms with Gasteiger partial charge in [-0.05, 0) is 76.3 Å². The first-order chi connectivity index (χ1) is 29.8. The van der Waals surface area contributed by atoms with Gasteiger partial charge in [0.15, 0.2) is 0 Å². The molecule has 0 fully saturated rings. The van der Waals surface area contributed by atoms with Gasteiger partial charge in [-0.15, -0.1) is 0 Å². The lowest BCUT2D eigenvalue weighted by Crippen LogP contribution is -2.50. The molecular weight excluding hydrogens is 789 g/mol. The van der Waals surface area contributed by atoms with Crippen molar-refractivity contribution in [2.75, 3.05) is 52.4 Å². The summed E-state index contributed by atoms with van der Waals surface area (Å²) in [4.78, 5) is 0. The van der Waals surface area contributed by atoms with Crippen LogP contribution in [0.3, 0.4) is 0 Å². The fourth-order valence-electron chi connectivity index (χ4n) is 8.05. The number of aliphatic hydroxyl groups is 1. The molecule has 0 spiro atoms. The number of hydrogen-bond donors (Lipinski definition) is 1. The summed E-state index contributed by atoms with van der Waals surface area (Å²) >= 11 is 0. The smallest absolute Gasteiger partial charge is 0.115 e. The molecule has 0 radical (unpaired) electrons. The second kappa shape index (κ2) is 47.5. The van der Waals surface area contributed by atoms with Crippen molar-refractivity contribution in [2.45, 2.75) is 248 Å². The topological polar surface area (TPSA) is 100 Å². The predicted molar refractivity (Wildman–Crippen MR) is 270 cm³/mol. The van der Waals surface area contributed by atoms with Gasteiger partial charge in [0.05, 0.1) is 52.4 Å². The zero-order chi connectivity index (χ0) is 47.1. The van der Waals surface area contributed by atoms with Gasteiger partial charge in [0.2, 0.25) is 0 Å². The molecule has 62 heavy (non-hydrogen) atoms. The summed E-state index contributed by atoms with van der Waals surface area (Å²) < 4.78 is 36.9. The Labute approximate surface area is 388 Å². The fourth-order valence-corrected chi connectivity index (χ4v) is 8.05. The molecule has 1 N–H and O–H groups in total. The lowest BCUT2D eigenvalue weighted by molar-refractivity contribution is -0.929. The highest BCUT2D eigenvalue weighted by Gasteiger charge is 2.25. The van der Waals surface area contributed by atoms with Crippen LogP contribution in [-0.4, -0.2) is 90.1 Å². The van der Waals surface area contributed by atoms with Crippen molar-refractivity contribution in [2.24, 2.45) is 0 Å². The van der Waals surface area contributed by atoms with Crippen molar-refractivity contribution in [3.05, 3.63) is 35.9 Å². The summed E-state index contributed by atoms with van der Waals surface area (Å²) in [5.41, 5.74) is 0.977. The summed E-state index contributed by atoms with van der Waals surface area (Å²) in [5.74, 6) is 5.97. The van der Waals surface area contributed by atoms with E-state index in [4.69, 9.17) is 17.5 Å². The largest absolute Gasteiger partial charge is 0.759 e. The molecule has 0 bridgehead atoms. The molecule has 1 rings (SSSR count). The second-order valence-corrected chi connectivity index (χ2v) is 19.0. The van der Waals surface area contributed by atoms with E-state index in [0.717, 1.165) is 18.4 Å². The predicted octanol–water partition coefficient (Wildman–Crippen LogP) is 14.8. The molecule has 0 heterocycles. The van der Waals surface area contributed by atoms with Crippen LogP contribution in [0.15, 0.2) is 30.3 Å². The number of quaternary nitrogens is 2. The van der Waals surface area contributed by atoms with E-state index >= 15 is 0 Å². The molecule has 1 aromatic carbocycles. The van der Waals surface area contributed by atoms with Crippen LogP contribution < -0.4 is 0 Å². The zero-order valence-electron chi connectivity index (χ0n) is 42.8. The van der Waals surface area contributed by atoms with Crippen molar-refractivity contribution in [1.29, 1.82) is 0 Å². The molecule has 0 aliphatic heterocycles. The normalized spacial score (nSPS) is 11.9. The highest BCUT2D eigenvalue weighted by Crippen LogP contribution is 2.18. The maximum Gasteiger partial charge on any atom is 0.115 e. The number of nitrogens with zero attached hydrogens (tertiary/aromatic N) is 2. The SMILES string of the molecule is CCCCCCCCCCCCCC(O)C#Cc1ccccc1.CCCC[N+](CCCC)(CCCC)CCCC.CCCC[N+](CCCC)(CCCC)CCCC.O=S(=O)([O-])[O-]. The van der Waals surface area contributed by atoms with Gasteiger partial charge in [-0.3, -0.25) is 8.42 Å². The quantitative estimate of drug-likeness (QED) is 0.0238. The maximum atomic E-state index is 9.88. The third-order valence-electron chi connectivity index (χ3n) is 12.1. The van der Waals surface area contributed by atoms with Gasteiger partial charge >= 0.3 is 0 Å². The van der Waals surface area contributed by atoms with Crippen molar-refractivity contribution < 1.29 is 31.6 Å². The zero-order valence-corrected chi connectivity index (χ0v) is 43.6. The maximum absolute atomic E-state index is 9.88. The van der Waals surface area contributed by atoms with Crippen molar-refractivity contribution in [3.8, 4) is 11.8 Å². The Morgan fingerprint density at radius 1 is 0.435 bits per heavy atom. The first-order valence-corrected chi connectivity index (χ1v) is 27.8. The van der Waals surface area contributed by atoms with Crippen molar-refractivity contribution >= 4 is 10.4 Å². The molecule has 0 saturated heterocycles. The van der Waals surface area contributed by atoms with Crippen LogP contribution >= 0.6 is 0 Å². The van der Waals surface area contributed by atoms with E-state index in [-0.39, 0.29) is 0 Å². The minimum absolute atomic E-state index is 0.478. The first-order valence-electron chi connectivity index (χ1n) is 26.4. The van der Waals surface area contributed by atoms with Crippen molar-refractivity contribution in [1.82, 2.24) is 0 Å². The molecule has 7 nitrogen and oxygen atoms in total. The monoisotopic (exact) mass is 895 g/mol. The fraction of sp³-hybridized carbons (Fsp3) is 0.852. The third kappa shape index (κ3) is 46.5. The number of aliphatic hydroxyl groups excluding tert-OH is 1. The lowest BCUT2D eigenvalue weighted by Gasteiger charge is -2.39. The highest BCUT2D eigenvalue weighted by molar-refractivity contribution is 7.79. The number of benzene rings is 1. The average molecular weight is 896 g/mol. The van der Waals surface area contributed by atoms with E-state index in [1.54, 1.807) is 0 Å². The van der Waals surface area contributed by atoms with E-state index in [9.17, 15) is 5.11 Å². The van der Waals surface area contributed by atoms with Gasteiger partial charge in [0, 0.05) is 16.0 Å². The molecule has 1 aromatic rings. The molecule has 0 aliphatic rings. The van der Waals surface area contributed by atoms with Crippen LogP contribution in [0.4, 0.5) is 0 Å². The van der Waals surface area contributed by atoms with Gasteiger partial charge in [0.1, 0.15) is 6.10 Å². The summed E-state index contributed by atoms with van der Waals surface area (Å²) in [7, 11) is -5.17. The van der Waals surface area contributed by atoms with Crippen LogP contribution in [0.25, 0.3) is 0 Å². The van der Waals surface area contributed by atoms with Crippen molar-refractivity contribution in [3.63, 3.8) is 0 Å². The molecule has 368 valence electrons. The van der Waals surface area contributed by atoms with Gasteiger partial charge in [-0.25, -0.2) is 0 Å². The Bertz CT molecular complexity index is 1080. The number of unbranched alkanes of at least 4 members (excludes halogenated alkanes) is 18. The van der Waals surface area contributed by atoms with E-state index in [2.05, 4.69) is 74.2 Å². The van der Waals surface area contributed by atoms with E-state index in [1.165, 1.54) is 228 Å². The Balaban J connectivity index is -0.000000809.